The first-order valence-electron chi connectivity index (χ1n) is 6.26. The molecule has 1 amide bonds. The van der Waals surface area contributed by atoms with E-state index in [9.17, 15) is 13.6 Å². The summed E-state index contributed by atoms with van der Waals surface area (Å²) < 4.78 is 26.7. The maximum absolute atomic E-state index is 13.6. The highest BCUT2D eigenvalue weighted by atomic mass is 19.2. The van der Waals surface area contributed by atoms with E-state index in [0.717, 1.165) is 22.9 Å². The smallest absolute Gasteiger partial charge is 0.258 e. The third kappa shape index (κ3) is 2.47. The zero-order valence-electron chi connectivity index (χ0n) is 11.1. The summed E-state index contributed by atoms with van der Waals surface area (Å²) in [4.78, 5) is 19.3. The number of carbonyl (C=O) groups is 1. The van der Waals surface area contributed by atoms with Gasteiger partial charge in [-0.2, -0.15) is 0 Å². The van der Waals surface area contributed by atoms with Gasteiger partial charge in [-0.25, -0.2) is 13.8 Å². The van der Waals surface area contributed by atoms with Crippen LogP contribution in [0.1, 0.15) is 16.2 Å². The molecular weight excluding hydrogens is 276 g/mol. The summed E-state index contributed by atoms with van der Waals surface area (Å²) in [5.41, 5.74) is 1.66. The molecule has 0 spiro atoms. The number of carbonyl (C=O) groups excluding carboxylic acids is 1. The molecule has 106 valence electrons. The maximum atomic E-state index is 13.6. The minimum absolute atomic E-state index is 0.337. The lowest BCUT2D eigenvalue weighted by Crippen LogP contribution is -2.14. The zero-order chi connectivity index (χ0) is 15.0. The number of hydrogen-bond acceptors (Lipinski definition) is 2. The van der Waals surface area contributed by atoms with Crippen molar-refractivity contribution in [2.24, 2.45) is 0 Å². The Kier molecular flexibility index (Phi) is 3.13. The number of imidazole rings is 1. The normalized spacial score (nSPS) is 10.8. The predicted molar refractivity (Wildman–Crippen MR) is 75.1 cm³/mol. The molecule has 2 aromatic carbocycles. The van der Waals surface area contributed by atoms with Gasteiger partial charge in [0, 0.05) is 5.69 Å². The topological polar surface area (TPSA) is 57.8 Å². The van der Waals surface area contributed by atoms with Gasteiger partial charge in [-0.15, -0.1) is 0 Å². The quantitative estimate of drug-likeness (QED) is 0.759. The number of hydrogen-bond donors (Lipinski definition) is 2. The SMILES string of the molecule is Cc1nc2ccc(NC(=O)c3cccc(F)c3F)cc2[nH]1. The Labute approximate surface area is 118 Å². The monoisotopic (exact) mass is 287 g/mol. The van der Waals surface area contributed by atoms with E-state index in [1.165, 1.54) is 12.1 Å². The summed E-state index contributed by atoms with van der Waals surface area (Å²) in [6.07, 6.45) is 0. The van der Waals surface area contributed by atoms with Crippen LogP contribution in [-0.4, -0.2) is 15.9 Å². The Balaban J connectivity index is 1.90. The van der Waals surface area contributed by atoms with Gasteiger partial charge in [-0.05, 0) is 37.3 Å². The highest BCUT2D eigenvalue weighted by Gasteiger charge is 2.15. The van der Waals surface area contributed by atoms with Crippen molar-refractivity contribution in [3.05, 3.63) is 59.4 Å². The second-order valence-electron chi connectivity index (χ2n) is 4.61. The van der Waals surface area contributed by atoms with Crippen LogP contribution in [0.25, 0.3) is 11.0 Å². The van der Waals surface area contributed by atoms with Gasteiger partial charge in [0.25, 0.3) is 5.91 Å². The molecule has 0 saturated heterocycles. The van der Waals surface area contributed by atoms with Gasteiger partial charge in [0.05, 0.1) is 16.6 Å². The largest absolute Gasteiger partial charge is 0.342 e. The molecule has 3 aromatic rings. The Morgan fingerprint density at radius 1 is 1.24 bits per heavy atom. The highest BCUT2D eigenvalue weighted by Crippen LogP contribution is 2.19. The summed E-state index contributed by atoms with van der Waals surface area (Å²) in [5.74, 6) is -2.16. The number of nitrogens with zero attached hydrogens (tertiary/aromatic N) is 1. The van der Waals surface area contributed by atoms with Crippen LogP contribution in [0.15, 0.2) is 36.4 Å². The van der Waals surface area contributed by atoms with E-state index in [0.29, 0.717) is 5.69 Å². The molecule has 0 aliphatic heterocycles. The van der Waals surface area contributed by atoms with E-state index in [4.69, 9.17) is 0 Å². The van der Waals surface area contributed by atoms with Crippen LogP contribution in [0.4, 0.5) is 14.5 Å². The van der Waals surface area contributed by atoms with Gasteiger partial charge in [0.1, 0.15) is 5.82 Å². The molecule has 3 rings (SSSR count). The van der Waals surface area contributed by atoms with Crippen LogP contribution in [0.3, 0.4) is 0 Å². The molecule has 0 radical (unpaired) electrons. The highest BCUT2D eigenvalue weighted by molar-refractivity contribution is 6.05. The van der Waals surface area contributed by atoms with Gasteiger partial charge < -0.3 is 10.3 Å². The van der Waals surface area contributed by atoms with Crippen molar-refractivity contribution in [1.82, 2.24) is 9.97 Å². The molecular formula is C15H11F2N3O. The third-order valence-corrected chi connectivity index (χ3v) is 3.05. The number of rotatable bonds is 2. The standard InChI is InChI=1S/C15H11F2N3O/c1-8-18-12-6-5-9(7-13(12)19-8)20-15(21)10-3-2-4-11(16)14(10)17/h2-7H,1H3,(H,18,19)(H,20,21). The van der Waals surface area contributed by atoms with E-state index in [-0.39, 0.29) is 5.56 Å². The molecule has 4 nitrogen and oxygen atoms in total. The van der Waals surface area contributed by atoms with E-state index in [2.05, 4.69) is 15.3 Å². The fourth-order valence-electron chi connectivity index (χ4n) is 2.09. The number of benzene rings is 2. The number of halogens is 2. The Morgan fingerprint density at radius 2 is 2.05 bits per heavy atom. The van der Waals surface area contributed by atoms with Crippen LogP contribution in [0.5, 0.6) is 0 Å². The third-order valence-electron chi connectivity index (χ3n) is 3.05. The summed E-state index contributed by atoms with van der Waals surface area (Å²) >= 11 is 0. The van der Waals surface area contributed by atoms with Gasteiger partial charge in [-0.1, -0.05) is 6.07 Å². The minimum Gasteiger partial charge on any atom is -0.342 e. The second-order valence-corrected chi connectivity index (χ2v) is 4.61. The lowest BCUT2D eigenvalue weighted by atomic mass is 10.2. The van der Waals surface area contributed by atoms with E-state index in [1.807, 2.05) is 6.92 Å². The van der Waals surface area contributed by atoms with Crippen molar-refractivity contribution < 1.29 is 13.6 Å². The van der Waals surface area contributed by atoms with Crippen molar-refractivity contribution >= 4 is 22.6 Å². The summed E-state index contributed by atoms with van der Waals surface area (Å²) in [7, 11) is 0. The first-order valence-corrected chi connectivity index (χ1v) is 6.26. The molecule has 1 heterocycles. The van der Waals surface area contributed by atoms with Gasteiger partial charge in [0.15, 0.2) is 11.6 Å². The minimum atomic E-state index is -1.16. The molecule has 0 bridgehead atoms. The van der Waals surface area contributed by atoms with E-state index < -0.39 is 17.5 Å². The van der Waals surface area contributed by atoms with Crippen molar-refractivity contribution in [3.63, 3.8) is 0 Å². The molecule has 21 heavy (non-hydrogen) atoms. The number of amides is 1. The fraction of sp³-hybridized carbons (Fsp3) is 0.0667. The second kappa shape index (κ2) is 4.97. The lowest BCUT2D eigenvalue weighted by molar-refractivity contribution is 0.102. The van der Waals surface area contributed by atoms with Gasteiger partial charge in [-0.3, -0.25) is 4.79 Å². The van der Waals surface area contributed by atoms with Crippen molar-refractivity contribution in [2.45, 2.75) is 6.92 Å². The van der Waals surface area contributed by atoms with Crippen LogP contribution in [0.2, 0.25) is 0 Å². The van der Waals surface area contributed by atoms with Crippen molar-refractivity contribution in [1.29, 1.82) is 0 Å². The predicted octanol–water partition coefficient (Wildman–Crippen LogP) is 3.40. The van der Waals surface area contributed by atoms with Crippen LogP contribution in [-0.2, 0) is 0 Å². The number of nitrogens with one attached hydrogen (secondary N) is 2. The summed E-state index contributed by atoms with van der Waals surface area (Å²) in [6, 6.07) is 8.55. The molecule has 0 saturated carbocycles. The average Bonchev–Trinajstić information content (AvgIpc) is 2.81. The number of aryl methyl sites for hydroxylation is 1. The first kappa shape index (κ1) is 13.2. The summed E-state index contributed by atoms with van der Waals surface area (Å²) in [5, 5.41) is 2.53. The van der Waals surface area contributed by atoms with Crippen LogP contribution < -0.4 is 5.32 Å². The van der Waals surface area contributed by atoms with Crippen LogP contribution >= 0.6 is 0 Å². The molecule has 0 unspecified atom stereocenters. The number of H-pyrrole nitrogens is 1. The first-order chi connectivity index (χ1) is 10.0. The fourth-order valence-corrected chi connectivity index (χ4v) is 2.09. The maximum Gasteiger partial charge on any atom is 0.258 e. The number of anilines is 1. The van der Waals surface area contributed by atoms with Crippen LogP contribution in [0, 0.1) is 18.6 Å². The van der Waals surface area contributed by atoms with E-state index in [1.54, 1.807) is 18.2 Å². The average molecular weight is 287 g/mol. The number of aromatic nitrogens is 2. The van der Waals surface area contributed by atoms with E-state index >= 15 is 0 Å². The number of fused-ring (bicyclic) bond motifs is 1. The zero-order valence-corrected chi connectivity index (χ0v) is 11.1. The molecule has 1 aromatic heterocycles. The Morgan fingerprint density at radius 3 is 2.86 bits per heavy atom. The Bertz CT molecular complexity index is 842. The molecule has 0 aliphatic rings. The van der Waals surface area contributed by atoms with Gasteiger partial charge in [0.2, 0.25) is 0 Å². The molecule has 2 N–H and O–H groups in total. The van der Waals surface area contributed by atoms with Crippen molar-refractivity contribution in [3.8, 4) is 0 Å². The van der Waals surface area contributed by atoms with Gasteiger partial charge >= 0.3 is 0 Å². The van der Waals surface area contributed by atoms with Crippen molar-refractivity contribution in [2.75, 3.05) is 5.32 Å². The molecule has 0 atom stereocenters. The Hall–Kier alpha value is -2.76. The molecule has 6 heteroatoms. The molecule has 0 fully saturated rings. The molecule has 0 aliphatic carbocycles. The lowest BCUT2D eigenvalue weighted by Gasteiger charge is -2.06. The summed E-state index contributed by atoms with van der Waals surface area (Å²) in [6.45, 7) is 1.82. The number of aromatic amines is 1.